The summed E-state index contributed by atoms with van der Waals surface area (Å²) in [5.41, 5.74) is 5.02. The highest BCUT2D eigenvalue weighted by Gasteiger charge is 2.28. The monoisotopic (exact) mass is 395 g/mol. The zero-order chi connectivity index (χ0) is 20.9. The SMILES string of the molecule is CCOC(=O)N1CCCCC1OCc1ccc(-c2ccc(C(C)(C)C)cc2)cc1. The van der Waals surface area contributed by atoms with E-state index in [2.05, 4.69) is 69.3 Å². The first-order chi connectivity index (χ1) is 13.9. The first-order valence-corrected chi connectivity index (χ1v) is 10.6. The van der Waals surface area contributed by atoms with Gasteiger partial charge in [-0.15, -0.1) is 0 Å². The van der Waals surface area contributed by atoms with E-state index in [0.29, 0.717) is 19.8 Å². The van der Waals surface area contributed by atoms with E-state index >= 15 is 0 Å². The fourth-order valence-electron chi connectivity index (χ4n) is 3.64. The quantitative estimate of drug-likeness (QED) is 0.611. The first kappa shape index (κ1) is 21.4. The van der Waals surface area contributed by atoms with Crippen molar-refractivity contribution >= 4 is 6.09 Å². The van der Waals surface area contributed by atoms with Gasteiger partial charge in [0.05, 0.1) is 13.2 Å². The third-order valence-electron chi connectivity index (χ3n) is 5.43. The number of likely N-dealkylation sites (tertiary alicyclic amines) is 1. The van der Waals surface area contributed by atoms with Gasteiger partial charge in [-0.1, -0.05) is 69.3 Å². The molecule has 2 aromatic carbocycles. The zero-order valence-electron chi connectivity index (χ0n) is 18.1. The molecular formula is C25H33NO3. The maximum atomic E-state index is 12.1. The third kappa shape index (κ3) is 5.60. The van der Waals surface area contributed by atoms with Gasteiger partial charge in [-0.3, -0.25) is 4.90 Å². The van der Waals surface area contributed by atoms with Crippen LogP contribution in [0.2, 0.25) is 0 Å². The third-order valence-corrected chi connectivity index (χ3v) is 5.43. The summed E-state index contributed by atoms with van der Waals surface area (Å²) in [6.45, 7) is 10.1. The number of amides is 1. The zero-order valence-corrected chi connectivity index (χ0v) is 18.1. The lowest BCUT2D eigenvalue weighted by Gasteiger charge is -2.34. The molecule has 4 nitrogen and oxygen atoms in total. The Morgan fingerprint density at radius 3 is 2.21 bits per heavy atom. The predicted molar refractivity (Wildman–Crippen MR) is 117 cm³/mol. The van der Waals surface area contributed by atoms with Crippen LogP contribution in [-0.4, -0.2) is 30.4 Å². The molecule has 3 rings (SSSR count). The Labute approximate surface area is 174 Å². The number of carbonyl (C=O) groups is 1. The number of piperidine rings is 1. The summed E-state index contributed by atoms with van der Waals surface area (Å²) in [4.78, 5) is 13.9. The fraction of sp³-hybridized carbons (Fsp3) is 0.480. The van der Waals surface area contributed by atoms with E-state index in [4.69, 9.17) is 9.47 Å². The van der Waals surface area contributed by atoms with Crippen molar-refractivity contribution in [2.45, 2.75) is 65.2 Å². The highest BCUT2D eigenvalue weighted by Crippen LogP contribution is 2.27. The maximum Gasteiger partial charge on any atom is 0.411 e. The van der Waals surface area contributed by atoms with Gasteiger partial charge in [0.2, 0.25) is 0 Å². The highest BCUT2D eigenvalue weighted by atomic mass is 16.6. The molecule has 1 aliphatic heterocycles. The van der Waals surface area contributed by atoms with E-state index in [1.165, 1.54) is 16.7 Å². The lowest BCUT2D eigenvalue weighted by Crippen LogP contribution is -2.45. The average molecular weight is 396 g/mol. The molecule has 0 bridgehead atoms. The number of hydrogen-bond acceptors (Lipinski definition) is 3. The van der Waals surface area contributed by atoms with Crippen LogP contribution < -0.4 is 0 Å². The van der Waals surface area contributed by atoms with Crippen LogP contribution in [0.5, 0.6) is 0 Å². The van der Waals surface area contributed by atoms with Gasteiger partial charge in [0, 0.05) is 6.54 Å². The van der Waals surface area contributed by atoms with Crippen molar-refractivity contribution in [2.24, 2.45) is 0 Å². The largest absolute Gasteiger partial charge is 0.450 e. The summed E-state index contributed by atoms with van der Waals surface area (Å²) in [5, 5.41) is 0. The molecule has 0 N–H and O–H groups in total. The topological polar surface area (TPSA) is 38.8 Å². The lowest BCUT2D eigenvalue weighted by molar-refractivity contribution is -0.0788. The smallest absolute Gasteiger partial charge is 0.411 e. The molecule has 1 atom stereocenters. The first-order valence-electron chi connectivity index (χ1n) is 10.6. The lowest BCUT2D eigenvalue weighted by atomic mass is 9.86. The molecule has 0 saturated carbocycles. The van der Waals surface area contributed by atoms with E-state index in [9.17, 15) is 4.79 Å². The van der Waals surface area contributed by atoms with E-state index in [1.807, 2.05) is 6.92 Å². The molecule has 2 aromatic rings. The van der Waals surface area contributed by atoms with Crippen molar-refractivity contribution in [3.63, 3.8) is 0 Å². The number of carbonyl (C=O) groups excluding carboxylic acids is 1. The van der Waals surface area contributed by atoms with Crippen molar-refractivity contribution in [2.75, 3.05) is 13.2 Å². The molecule has 4 heteroatoms. The summed E-state index contributed by atoms with van der Waals surface area (Å²) in [6.07, 6.45) is 2.46. The van der Waals surface area contributed by atoms with Gasteiger partial charge in [0.1, 0.15) is 6.23 Å². The molecule has 0 radical (unpaired) electrons. The van der Waals surface area contributed by atoms with E-state index < -0.39 is 0 Å². The van der Waals surface area contributed by atoms with Crippen molar-refractivity contribution < 1.29 is 14.3 Å². The minimum Gasteiger partial charge on any atom is -0.450 e. The summed E-state index contributed by atoms with van der Waals surface area (Å²) >= 11 is 0. The van der Waals surface area contributed by atoms with Crippen molar-refractivity contribution in [1.29, 1.82) is 0 Å². The van der Waals surface area contributed by atoms with Crippen LogP contribution in [0.3, 0.4) is 0 Å². The number of ether oxygens (including phenoxy) is 2. The van der Waals surface area contributed by atoms with Crippen LogP contribution in [0.15, 0.2) is 48.5 Å². The fourth-order valence-corrected chi connectivity index (χ4v) is 3.64. The van der Waals surface area contributed by atoms with Gasteiger partial charge < -0.3 is 9.47 Å². The molecule has 1 unspecified atom stereocenters. The summed E-state index contributed by atoms with van der Waals surface area (Å²) in [7, 11) is 0. The Balaban J connectivity index is 1.61. The number of nitrogens with zero attached hydrogens (tertiary/aromatic N) is 1. The van der Waals surface area contributed by atoms with Gasteiger partial charge in [-0.25, -0.2) is 4.79 Å². The number of rotatable bonds is 5. The minimum atomic E-state index is -0.272. The molecule has 1 amide bonds. The van der Waals surface area contributed by atoms with Crippen LogP contribution in [0, 0.1) is 0 Å². The maximum absolute atomic E-state index is 12.1. The summed E-state index contributed by atoms with van der Waals surface area (Å²) in [6, 6.07) is 17.3. The second-order valence-corrected chi connectivity index (χ2v) is 8.68. The Hall–Kier alpha value is -2.33. The highest BCUT2D eigenvalue weighted by molar-refractivity contribution is 5.68. The molecule has 29 heavy (non-hydrogen) atoms. The molecule has 156 valence electrons. The normalized spacial score (nSPS) is 17.2. The van der Waals surface area contributed by atoms with Crippen LogP contribution in [0.4, 0.5) is 4.79 Å². The Bertz CT molecular complexity index is 790. The average Bonchev–Trinajstić information content (AvgIpc) is 2.72. The molecule has 1 fully saturated rings. The molecule has 0 spiro atoms. The molecule has 1 heterocycles. The van der Waals surface area contributed by atoms with Crippen LogP contribution in [-0.2, 0) is 21.5 Å². The Kier molecular flexibility index (Phi) is 6.96. The van der Waals surface area contributed by atoms with Gasteiger partial charge in [0.25, 0.3) is 0 Å². The van der Waals surface area contributed by atoms with Gasteiger partial charge >= 0.3 is 6.09 Å². The van der Waals surface area contributed by atoms with Crippen molar-refractivity contribution in [3.05, 3.63) is 59.7 Å². The van der Waals surface area contributed by atoms with Crippen LogP contribution in [0.25, 0.3) is 11.1 Å². The van der Waals surface area contributed by atoms with Gasteiger partial charge in [-0.05, 0) is 53.9 Å². The van der Waals surface area contributed by atoms with Gasteiger partial charge in [0.15, 0.2) is 0 Å². The molecule has 0 aromatic heterocycles. The Morgan fingerprint density at radius 1 is 1.00 bits per heavy atom. The number of benzene rings is 2. The van der Waals surface area contributed by atoms with Crippen molar-refractivity contribution in [1.82, 2.24) is 4.90 Å². The predicted octanol–water partition coefficient (Wildman–Crippen LogP) is 6.14. The second-order valence-electron chi connectivity index (χ2n) is 8.68. The van der Waals surface area contributed by atoms with Crippen LogP contribution in [0.1, 0.15) is 58.1 Å². The van der Waals surface area contributed by atoms with E-state index in [0.717, 1.165) is 24.8 Å². The molecule has 0 aliphatic carbocycles. The summed E-state index contributed by atoms with van der Waals surface area (Å²) < 4.78 is 11.2. The molecule has 1 aliphatic rings. The second kappa shape index (κ2) is 9.45. The molecular weight excluding hydrogens is 362 g/mol. The van der Waals surface area contributed by atoms with E-state index in [-0.39, 0.29) is 17.7 Å². The summed E-state index contributed by atoms with van der Waals surface area (Å²) in [5.74, 6) is 0. The molecule has 1 saturated heterocycles. The van der Waals surface area contributed by atoms with E-state index in [1.54, 1.807) is 4.90 Å². The standard InChI is InChI=1S/C25H33NO3/c1-5-28-24(27)26-17-7-6-8-23(26)29-18-19-9-11-20(12-10-19)21-13-15-22(16-14-21)25(2,3)4/h9-16,23H,5-8,17-18H2,1-4H3. The minimum absolute atomic E-state index is 0.163. The van der Waals surface area contributed by atoms with Gasteiger partial charge in [-0.2, -0.15) is 0 Å². The Morgan fingerprint density at radius 2 is 1.62 bits per heavy atom. The van der Waals surface area contributed by atoms with Crippen molar-refractivity contribution in [3.8, 4) is 11.1 Å². The number of hydrogen-bond donors (Lipinski definition) is 0. The van der Waals surface area contributed by atoms with Crippen LogP contribution >= 0.6 is 0 Å².